The van der Waals surface area contributed by atoms with Gasteiger partial charge in [0.2, 0.25) is 0 Å². The third-order valence-corrected chi connectivity index (χ3v) is 5.74. The number of nitrogens with zero attached hydrogens (tertiary/aromatic N) is 4. The standard InChI is InChI=1S/C19H22FN7O2S/c1-2-23-9-7-17(21)30(22,29)27-19(28)26-18-13-4-3-5-16(13)25-10-14(18)12-6-8-24-11-15(12)20/h6-11H,2-5,21H2,1H3,(H3,22,25,26,27,28,29)/b17-7+,23-9?. The Morgan fingerprint density at radius 3 is 2.90 bits per heavy atom. The SMILES string of the molecule is CCN=C/C=C(\N)S(N)(=O)=NC(=O)Nc1c(-c2ccncc2F)cnc2c1CCC2. The fraction of sp³-hybridized carbons (Fsp3) is 0.263. The van der Waals surface area contributed by atoms with Crippen LogP contribution in [0.15, 0.2) is 45.1 Å². The number of pyridine rings is 2. The number of anilines is 1. The lowest BCUT2D eigenvalue weighted by atomic mass is 10.0. The van der Waals surface area contributed by atoms with Crippen molar-refractivity contribution in [1.82, 2.24) is 9.97 Å². The molecule has 1 unspecified atom stereocenters. The Labute approximate surface area is 173 Å². The Bertz CT molecular complexity index is 1150. The van der Waals surface area contributed by atoms with Gasteiger partial charge in [-0.1, -0.05) is 0 Å². The number of aromatic nitrogens is 2. The van der Waals surface area contributed by atoms with E-state index in [4.69, 9.17) is 10.9 Å². The molecule has 1 aliphatic carbocycles. The Kier molecular flexibility index (Phi) is 6.53. The first-order valence-electron chi connectivity index (χ1n) is 9.25. The quantitative estimate of drug-likeness (QED) is 0.622. The number of carbonyl (C=O) groups excluding carboxylic acids is 1. The molecule has 0 fully saturated rings. The lowest BCUT2D eigenvalue weighted by Crippen LogP contribution is -2.24. The van der Waals surface area contributed by atoms with Crippen LogP contribution in [0.2, 0.25) is 0 Å². The number of amides is 2. The summed E-state index contributed by atoms with van der Waals surface area (Å²) in [7, 11) is -3.65. The van der Waals surface area contributed by atoms with Gasteiger partial charge < -0.3 is 11.1 Å². The topological polar surface area (TPSA) is 149 Å². The van der Waals surface area contributed by atoms with E-state index in [0.29, 0.717) is 24.2 Å². The Morgan fingerprint density at radius 2 is 2.17 bits per heavy atom. The zero-order chi connectivity index (χ0) is 21.7. The number of carbonyl (C=O) groups is 1. The van der Waals surface area contributed by atoms with Gasteiger partial charge in [-0.25, -0.2) is 18.5 Å². The van der Waals surface area contributed by atoms with Crippen molar-refractivity contribution in [3.8, 4) is 11.1 Å². The maximum absolute atomic E-state index is 14.3. The number of halogens is 1. The van der Waals surface area contributed by atoms with Gasteiger partial charge in [-0.15, -0.1) is 4.36 Å². The Balaban J connectivity index is 2.00. The molecule has 158 valence electrons. The van der Waals surface area contributed by atoms with Crippen molar-refractivity contribution in [2.75, 3.05) is 11.9 Å². The summed E-state index contributed by atoms with van der Waals surface area (Å²) in [6.07, 6.45) is 8.85. The van der Waals surface area contributed by atoms with Gasteiger partial charge in [-0.2, -0.15) is 0 Å². The summed E-state index contributed by atoms with van der Waals surface area (Å²) in [5.74, 6) is -0.560. The number of hydrogen-bond acceptors (Lipinski definition) is 6. The highest BCUT2D eigenvalue weighted by atomic mass is 32.2. The van der Waals surface area contributed by atoms with Crippen LogP contribution < -0.4 is 16.2 Å². The van der Waals surface area contributed by atoms with Crippen LogP contribution in [0.1, 0.15) is 24.6 Å². The molecule has 5 N–H and O–H groups in total. The lowest BCUT2D eigenvalue weighted by molar-refractivity contribution is 0.260. The first kappa shape index (κ1) is 21.5. The molecular formula is C19H22FN7O2S. The molecule has 3 rings (SSSR count). The van der Waals surface area contributed by atoms with E-state index in [-0.39, 0.29) is 10.6 Å². The number of rotatable bonds is 5. The molecule has 1 atom stereocenters. The summed E-state index contributed by atoms with van der Waals surface area (Å²) < 4.78 is 30.4. The van der Waals surface area contributed by atoms with Crippen LogP contribution in [-0.4, -0.2) is 33.0 Å². The number of hydrogen-bond donors (Lipinski definition) is 3. The van der Waals surface area contributed by atoms with Crippen molar-refractivity contribution in [2.24, 2.45) is 20.2 Å². The van der Waals surface area contributed by atoms with Crippen molar-refractivity contribution in [1.29, 1.82) is 0 Å². The van der Waals surface area contributed by atoms with Gasteiger partial charge >= 0.3 is 6.03 Å². The molecular weight excluding hydrogens is 409 g/mol. The number of urea groups is 1. The normalized spacial score (nSPS) is 15.6. The van der Waals surface area contributed by atoms with Crippen LogP contribution in [0.5, 0.6) is 0 Å². The van der Waals surface area contributed by atoms with Gasteiger partial charge in [0.1, 0.15) is 10.8 Å². The molecule has 2 aromatic heterocycles. The third-order valence-electron chi connectivity index (χ3n) is 4.49. The molecule has 0 aliphatic heterocycles. The van der Waals surface area contributed by atoms with Gasteiger partial charge in [-0.3, -0.25) is 15.0 Å². The minimum absolute atomic E-state index is 0.228. The smallest absolute Gasteiger partial charge is 0.354 e. The molecule has 30 heavy (non-hydrogen) atoms. The molecule has 0 radical (unpaired) electrons. The van der Waals surface area contributed by atoms with Gasteiger partial charge in [0.25, 0.3) is 0 Å². The van der Waals surface area contributed by atoms with Crippen LogP contribution >= 0.6 is 0 Å². The van der Waals surface area contributed by atoms with E-state index >= 15 is 0 Å². The van der Waals surface area contributed by atoms with E-state index in [1.165, 1.54) is 30.8 Å². The summed E-state index contributed by atoms with van der Waals surface area (Å²) in [6, 6.07) is 0.530. The van der Waals surface area contributed by atoms with E-state index in [9.17, 15) is 13.4 Å². The molecule has 0 saturated carbocycles. The molecule has 0 spiro atoms. The maximum atomic E-state index is 14.3. The first-order valence-corrected chi connectivity index (χ1v) is 10.8. The van der Waals surface area contributed by atoms with E-state index in [2.05, 4.69) is 24.6 Å². The highest BCUT2D eigenvalue weighted by Gasteiger charge is 2.23. The number of nitrogens with one attached hydrogen (secondary N) is 1. The predicted octanol–water partition coefficient (Wildman–Crippen LogP) is 2.54. The zero-order valence-electron chi connectivity index (χ0n) is 16.3. The Morgan fingerprint density at radius 1 is 1.37 bits per heavy atom. The van der Waals surface area contributed by atoms with E-state index < -0.39 is 21.8 Å². The van der Waals surface area contributed by atoms with Crippen molar-refractivity contribution < 1.29 is 13.4 Å². The number of allylic oxidation sites excluding steroid dienone is 1. The maximum Gasteiger partial charge on any atom is 0.354 e. The Hall–Kier alpha value is -3.18. The third kappa shape index (κ3) is 4.69. The van der Waals surface area contributed by atoms with Crippen molar-refractivity contribution in [3.05, 3.63) is 52.8 Å². The van der Waals surface area contributed by atoms with Crippen LogP contribution in [0.3, 0.4) is 0 Å². The van der Waals surface area contributed by atoms with Gasteiger partial charge in [0, 0.05) is 42.0 Å². The molecule has 1 aliphatic rings. The van der Waals surface area contributed by atoms with Crippen LogP contribution in [0.25, 0.3) is 11.1 Å². The molecule has 0 bridgehead atoms. The second-order valence-electron chi connectivity index (χ2n) is 6.49. The zero-order valence-corrected chi connectivity index (χ0v) is 17.2. The molecule has 2 heterocycles. The summed E-state index contributed by atoms with van der Waals surface area (Å²) in [4.78, 5) is 24.6. The number of fused-ring (bicyclic) bond motifs is 1. The van der Waals surface area contributed by atoms with Gasteiger partial charge in [-0.05, 0) is 43.9 Å². The average molecular weight is 431 g/mol. The first-order chi connectivity index (χ1) is 14.3. The lowest BCUT2D eigenvalue weighted by Gasteiger charge is -2.15. The summed E-state index contributed by atoms with van der Waals surface area (Å²) in [6.45, 7) is 2.32. The average Bonchev–Trinajstić information content (AvgIpc) is 3.18. The van der Waals surface area contributed by atoms with Crippen molar-refractivity contribution in [3.63, 3.8) is 0 Å². The predicted molar refractivity (Wildman–Crippen MR) is 115 cm³/mol. The molecule has 2 aromatic rings. The molecule has 9 nitrogen and oxygen atoms in total. The highest BCUT2D eigenvalue weighted by Crippen LogP contribution is 2.37. The summed E-state index contributed by atoms with van der Waals surface area (Å²) >= 11 is 0. The van der Waals surface area contributed by atoms with Crippen molar-refractivity contribution >= 4 is 27.8 Å². The minimum Gasteiger partial charge on any atom is -0.390 e. The molecule has 2 amide bonds. The molecule has 0 aromatic carbocycles. The molecule has 0 saturated heterocycles. The van der Waals surface area contributed by atoms with Gasteiger partial charge in [0.15, 0.2) is 9.92 Å². The monoisotopic (exact) mass is 431 g/mol. The van der Waals surface area contributed by atoms with E-state index in [1.54, 1.807) is 0 Å². The highest BCUT2D eigenvalue weighted by molar-refractivity contribution is 7.95. The number of nitrogens with two attached hydrogens (primary N) is 2. The second kappa shape index (κ2) is 9.09. The minimum atomic E-state index is -3.65. The summed E-state index contributed by atoms with van der Waals surface area (Å²) in [5.41, 5.74) is 8.26. The van der Waals surface area contributed by atoms with Crippen LogP contribution in [0.4, 0.5) is 14.9 Å². The summed E-state index contributed by atoms with van der Waals surface area (Å²) in [5, 5.41) is 7.97. The van der Waals surface area contributed by atoms with Crippen LogP contribution in [-0.2, 0) is 22.8 Å². The van der Waals surface area contributed by atoms with Crippen molar-refractivity contribution in [2.45, 2.75) is 26.2 Å². The fourth-order valence-corrected chi connectivity index (χ4v) is 3.74. The largest absolute Gasteiger partial charge is 0.390 e. The van der Waals surface area contributed by atoms with Gasteiger partial charge in [0.05, 0.1) is 11.9 Å². The van der Waals surface area contributed by atoms with E-state index in [1.807, 2.05) is 6.92 Å². The van der Waals surface area contributed by atoms with Crippen LogP contribution in [0, 0.1) is 5.82 Å². The molecule has 11 heteroatoms. The number of aliphatic imine (C=N–C) groups is 1. The fourth-order valence-electron chi connectivity index (χ4n) is 3.08. The number of aryl methyl sites for hydroxylation is 1. The van der Waals surface area contributed by atoms with E-state index in [0.717, 1.165) is 30.3 Å². The second-order valence-corrected chi connectivity index (χ2v) is 8.28.